The van der Waals surface area contributed by atoms with Gasteiger partial charge in [-0.3, -0.25) is 19.6 Å². The lowest BCUT2D eigenvalue weighted by molar-refractivity contribution is -0.140. The first-order valence-electron chi connectivity index (χ1n) is 7.33. The van der Waals surface area contributed by atoms with Crippen LogP contribution >= 0.6 is 0 Å². The predicted octanol–water partition coefficient (Wildman–Crippen LogP) is -0.0582. The smallest absolute Gasteiger partial charge is 0.267 e. The van der Waals surface area contributed by atoms with E-state index in [-0.39, 0.29) is 24.1 Å². The van der Waals surface area contributed by atoms with Crippen LogP contribution < -0.4 is 5.56 Å². The number of amides is 1. The van der Waals surface area contributed by atoms with Gasteiger partial charge in [-0.05, 0) is 13.0 Å². The van der Waals surface area contributed by atoms with Gasteiger partial charge in [0.15, 0.2) is 0 Å². The zero-order valence-corrected chi connectivity index (χ0v) is 12.8. The van der Waals surface area contributed by atoms with Gasteiger partial charge in [-0.1, -0.05) is 0 Å². The molecular weight excluding hydrogens is 298 g/mol. The summed E-state index contributed by atoms with van der Waals surface area (Å²) in [6.07, 6.45) is 4.51. The standard InChI is InChI=1S/C15H17N5O3/c1-11-2-3-14(21)20(18-11)10-15(22)19-6-7-23-13(9-19)12-8-16-4-5-17-12/h2-5,8,13H,6-7,9-10H2,1H3/t13-/m1/s1. The summed E-state index contributed by atoms with van der Waals surface area (Å²) in [7, 11) is 0. The van der Waals surface area contributed by atoms with E-state index in [4.69, 9.17) is 4.74 Å². The van der Waals surface area contributed by atoms with Crippen LogP contribution in [-0.2, 0) is 16.1 Å². The average Bonchev–Trinajstić information content (AvgIpc) is 2.59. The summed E-state index contributed by atoms with van der Waals surface area (Å²) < 4.78 is 6.84. The molecule has 1 fully saturated rings. The number of rotatable bonds is 3. The molecule has 8 heteroatoms. The lowest BCUT2D eigenvalue weighted by atomic mass is 10.2. The van der Waals surface area contributed by atoms with Gasteiger partial charge in [0.05, 0.1) is 30.7 Å². The molecule has 1 saturated heterocycles. The summed E-state index contributed by atoms with van der Waals surface area (Å²) in [5.74, 6) is -0.164. The van der Waals surface area contributed by atoms with Gasteiger partial charge in [0.1, 0.15) is 12.6 Å². The highest BCUT2D eigenvalue weighted by Crippen LogP contribution is 2.19. The quantitative estimate of drug-likeness (QED) is 0.788. The minimum absolute atomic E-state index is 0.0757. The third-order valence-corrected chi connectivity index (χ3v) is 3.62. The van der Waals surface area contributed by atoms with Gasteiger partial charge >= 0.3 is 0 Å². The maximum atomic E-state index is 12.4. The Morgan fingerprint density at radius 2 is 2.26 bits per heavy atom. The summed E-state index contributed by atoms with van der Waals surface area (Å²) >= 11 is 0. The maximum Gasteiger partial charge on any atom is 0.267 e. The van der Waals surface area contributed by atoms with E-state index < -0.39 is 0 Å². The van der Waals surface area contributed by atoms with Crippen LogP contribution in [0.1, 0.15) is 17.5 Å². The molecule has 0 aromatic carbocycles. The van der Waals surface area contributed by atoms with Crippen LogP contribution in [0, 0.1) is 6.92 Å². The molecule has 1 aliphatic rings. The summed E-state index contributed by atoms with van der Waals surface area (Å²) in [4.78, 5) is 34.1. The van der Waals surface area contributed by atoms with Crippen LogP contribution in [-0.4, -0.2) is 50.3 Å². The molecule has 0 spiro atoms. The van der Waals surface area contributed by atoms with Crippen molar-refractivity contribution in [1.29, 1.82) is 0 Å². The van der Waals surface area contributed by atoms with Gasteiger partial charge in [0.25, 0.3) is 5.56 Å². The minimum atomic E-state index is -0.302. The first-order chi connectivity index (χ1) is 11.1. The molecule has 0 N–H and O–H groups in total. The Morgan fingerprint density at radius 3 is 3.04 bits per heavy atom. The number of ether oxygens (including phenoxy) is 1. The van der Waals surface area contributed by atoms with E-state index in [1.807, 2.05) is 0 Å². The summed E-state index contributed by atoms with van der Waals surface area (Å²) in [6.45, 7) is 2.99. The molecule has 23 heavy (non-hydrogen) atoms. The first-order valence-corrected chi connectivity index (χ1v) is 7.33. The Morgan fingerprint density at radius 1 is 1.39 bits per heavy atom. The molecule has 1 atom stereocenters. The van der Waals surface area contributed by atoms with E-state index in [9.17, 15) is 9.59 Å². The lowest BCUT2D eigenvalue weighted by Gasteiger charge is -2.32. The second-order valence-electron chi connectivity index (χ2n) is 5.30. The first kappa shape index (κ1) is 15.3. The van der Waals surface area contributed by atoms with Crippen molar-refractivity contribution in [2.75, 3.05) is 19.7 Å². The number of hydrogen-bond donors (Lipinski definition) is 0. The van der Waals surface area contributed by atoms with E-state index in [0.717, 1.165) is 0 Å². The number of carbonyl (C=O) groups excluding carboxylic acids is 1. The fourth-order valence-electron chi connectivity index (χ4n) is 2.42. The predicted molar refractivity (Wildman–Crippen MR) is 80.5 cm³/mol. The number of carbonyl (C=O) groups is 1. The third-order valence-electron chi connectivity index (χ3n) is 3.62. The van der Waals surface area contributed by atoms with Gasteiger partial charge < -0.3 is 9.64 Å². The van der Waals surface area contributed by atoms with Crippen molar-refractivity contribution >= 4 is 5.91 Å². The molecule has 3 heterocycles. The highest BCUT2D eigenvalue weighted by Gasteiger charge is 2.26. The second-order valence-corrected chi connectivity index (χ2v) is 5.30. The molecule has 2 aromatic rings. The monoisotopic (exact) mass is 315 g/mol. The number of nitrogens with zero attached hydrogens (tertiary/aromatic N) is 5. The summed E-state index contributed by atoms with van der Waals surface area (Å²) in [5, 5.41) is 4.09. The number of aryl methyl sites for hydroxylation is 1. The number of morpholine rings is 1. The van der Waals surface area contributed by atoms with Crippen LogP contribution in [0.5, 0.6) is 0 Å². The van der Waals surface area contributed by atoms with Crippen molar-refractivity contribution in [3.05, 3.63) is 52.5 Å². The van der Waals surface area contributed by atoms with Crippen molar-refractivity contribution in [2.45, 2.75) is 19.6 Å². The van der Waals surface area contributed by atoms with Crippen LogP contribution in [0.15, 0.2) is 35.5 Å². The fraction of sp³-hybridized carbons (Fsp3) is 0.400. The van der Waals surface area contributed by atoms with Crippen molar-refractivity contribution in [3.8, 4) is 0 Å². The Kier molecular flexibility index (Phi) is 4.42. The molecule has 0 unspecified atom stereocenters. The van der Waals surface area contributed by atoms with Gasteiger partial charge in [-0.15, -0.1) is 0 Å². The van der Waals surface area contributed by atoms with Gasteiger partial charge in [0, 0.05) is 25.0 Å². The Balaban J connectivity index is 1.70. The van der Waals surface area contributed by atoms with Gasteiger partial charge in [-0.2, -0.15) is 5.10 Å². The molecular formula is C15H17N5O3. The Hall–Kier alpha value is -2.61. The zero-order chi connectivity index (χ0) is 16.2. The average molecular weight is 315 g/mol. The Labute approximate surface area is 132 Å². The minimum Gasteiger partial charge on any atom is -0.368 e. The largest absolute Gasteiger partial charge is 0.368 e. The van der Waals surface area contributed by atoms with Gasteiger partial charge in [0.2, 0.25) is 5.91 Å². The maximum absolute atomic E-state index is 12.4. The van der Waals surface area contributed by atoms with Gasteiger partial charge in [-0.25, -0.2) is 4.68 Å². The summed E-state index contributed by atoms with van der Waals surface area (Å²) in [6, 6.07) is 3.04. The zero-order valence-electron chi connectivity index (χ0n) is 12.8. The fourth-order valence-corrected chi connectivity index (χ4v) is 2.42. The molecule has 0 radical (unpaired) electrons. The van der Waals surface area contributed by atoms with E-state index in [1.165, 1.54) is 10.7 Å². The van der Waals surface area contributed by atoms with E-state index in [2.05, 4.69) is 15.1 Å². The van der Waals surface area contributed by atoms with Crippen molar-refractivity contribution < 1.29 is 9.53 Å². The number of hydrogen-bond acceptors (Lipinski definition) is 6. The molecule has 3 rings (SSSR count). The topological polar surface area (TPSA) is 90.2 Å². The molecule has 0 aliphatic carbocycles. The lowest BCUT2D eigenvalue weighted by Crippen LogP contribution is -2.45. The van der Waals surface area contributed by atoms with Crippen molar-refractivity contribution in [1.82, 2.24) is 24.6 Å². The van der Waals surface area contributed by atoms with Crippen LogP contribution in [0.3, 0.4) is 0 Å². The molecule has 120 valence electrons. The van der Waals surface area contributed by atoms with Crippen LogP contribution in [0.2, 0.25) is 0 Å². The third kappa shape index (κ3) is 3.59. The number of aromatic nitrogens is 4. The molecule has 0 saturated carbocycles. The normalized spacial score (nSPS) is 18.0. The SMILES string of the molecule is Cc1ccc(=O)n(CC(=O)N2CCO[C@@H](c3cnccn3)C2)n1. The highest BCUT2D eigenvalue weighted by atomic mass is 16.5. The molecule has 2 aromatic heterocycles. The van der Waals surface area contributed by atoms with Crippen molar-refractivity contribution in [3.63, 3.8) is 0 Å². The van der Waals surface area contributed by atoms with Crippen LogP contribution in [0.25, 0.3) is 0 Å². The van der Waals surface area contributed by atoms with Crippen molar-refractivity contribution in [2.24, 2.45) is 0 Å². The Bertz CT molecular complexity index is 746. The molecule has 1 amide bonds. The van der Waals surface area contributed by atoms with E-state index in [1.54, 1.807) is 36.5 Å². The van der Waals surface area contributed by atoms with E-state index in [0.29, 0.717) is 31.1 Å². The van der Waals surface area contributed by atoms with Crippen LogP contribution in [0.4, 0.5) is 0 Å². The molecule has 1 aliphatic heterocycles. The molecule has 0 bridgehead atoms. The molecule has 8 nitrogen and oxygen atoms in total. The highest BCUT2D eigenvalue weighted by molar-refractivity contribution is 5.76. The second kappa shape index (κ2) is 6.66. The van der Waals surface area contributed by atoms with E-state index >= 15 is 0 Å². The summed E-state index contributed by atoms with van der Waals surface area (Å²) in [5.41, 5.74) is 1.09.